The van der Waals surface area contributed by atoms with Gasteiger partial charge in [-0.15, -0.1) is 0 Å². The predicted octanol–water partition coefficient (Wildman–Crippen LogP) is 2.84. The molecule has 0 aromatic heterocycles. The van der Waals surface area contributed by atoms with Crippen molar-refractivity contribution in [2.75, 3.05) is 26.7 Å². The maximum atomic E-state index is 10.4. The van der Waals surface area contributed by atoms with Crippen molar-refractivity contribution in [3.63, 3.8) is 0 Å². The summed E-state index contributed by atoms with van der Waals surface area (Å²) in [6, 6.07) is 3.08. The number of carboxylic acid groups (broad SMARTS) is 1. The van der Waals surface area contributed by atoms with Gasteiger partial charge < -0.3 is 15.6 Å². The minimum Gasteiger partial charge on any atom is -0.480 e. The van der Waals surface area contributed by atoms with Crippen molar-refractivity contribution >= 4 is 11.7 Å². The Morgan fingerprint density at radius 3 is 2.04 bits per heavy atom. The summed E-state index contributed by atoms with van der Waals surface area (Å²) in [5, 5.41) is 31.6. The van der Waals surface area contributed by atoms with E-state index in [4.69, 9.17) is 20.9 Å². The summed E-state index contributed by atoms with van der Waals surface area (Å²) in [7, 11) is 1.00. The molecule has 0 aromatic carbocycles. The van der Waals surface area contributed by atoms with Crippen molar-refractivity contribution in [1.82, 2.24) is 9.80 Å². The highest BCUT2D eigenvalue weighted by molar-refractivity contribution is 5.84. The second-order valence-corrected chi connectivity index (χ2v) is 6.10. The van der Waals surface area contributed by atoms with Gasteiger partial charge in [-0.1, -0.05) is 20.8 Å². The van der Waals surface area contributed by atoms with E-state index in [9.17, 15) is 4.79 Å². The zero-order chi connectivity index (χ0) is 21.3. The molecule has 1 aliphatic rings. The van der Waals surface area contributed by atoms with Gasteiger partial charge in [0.2, 0.25) is 0 Å². The number of nitrogens with one attached hydrogen (secondary N) is 1. The van der Waals surface area contributed by atoms with Gasteiger partial charge >= 0.3 is 5.97 Å². The molecule has 154 valence electrons. The lowest BCUT2D eigenvalue weighted by atomic mass is 10.0. The fraction of sp³-hybridized carbons (Fsp3) is 0.842. The molecule has 0 bridgehead atoms. The Bertz CT molecular complexity index is 396. The molecule has 0 amide bonds. The first-order chi connectivity index (χ1) is 12.2. The van der Waals surface area contributed by atoms with Crippen LogP contribution in [0, 0.1) is 16.7 Å². The highest BCUT2D eigenvalue weighted by Crippen LogP contribution is 2.13. The number of piperidine rings is 1. The second kappa shape index (κ2) is 18.3. The van der Waals surface area contributed by atoms with Crippen LogP contribution in [-0.4, -0.2) is 76.6 Å². The molecule has 0 aromatic rings. The Labute approximate surface area is 160 Å². The quantitative estimate of drug-likeness (QED) is 0.684. The van der Waals surface area contributed by atoms with Gasteiger partial charge in [0.1, 0.15) is 0 Å². The number of hydrogen-bond donors (Lipinski definition) is 3. The number of carbonyl (C=O) groups is 1. The molecule has 1 saturated heterocycles. The summed E-state index contributed by atoms with van der Waals surface area (Å²) in [4.78, 5) is 14.4. The highest BCUT2D eigenvalue weighted by atomic mass is 16.4. The number of aliphatic hydroxyl groups is 1. The molecular weight excluding hydrogens is 332 g/mol. The molecule has 1 aliphatic heterocycles. The highest BCUT2D eigenvalue weighted by Gasteiger charge is 2.26. The van der Waals surface area contributed by atoms with Crippen LogP contribution < -0.4 is 0 Å². The molecule has 0 spiro atoms. The van der Waals surface area contributed by atoms with Crippen LogP contribution in [-0.2, 0) is 4.79 Å². The minimum atomic E-state index is -0.949. The van der Waals surface area contributed by atoms with Crippen molar-refractivity contribution in [2.45, 2.75) is 79.4 Å². The number of aliphatic carboxylic acids is 1. The lowest BCUT2D eigenvalue weighted by Gasteiger charge is -2.29. The summed E-state index contributed by atoms with van der Waals surface area (Å²) in [5.74, 6) is -0.949. The SMILES string of the molecule is CC.CCN(C(C)C)C(C)C.CO.N#CC1CCC(=N)CN1CC(=O)O. The van der Waals surface area contributed by atoms with Crippen LogP contribution in [0.25, 0.3) is 0 Å². The van der Waals surface area contributed by atoms with E-state index in [1.54, 1.807) is 0 Å². The average molecular weight is 373 g/mol. The van der Waals surface area contributed by atoms with Gasteiger partial charge in [0.15, 0.2) is 0 Å². The Morgan fingerprint density at radius 1 is 1.31 bits per heavy atom. The molecule has 1 fully saturated rings. The topological polar surface area (TPSA) is 112 Å². The lowest BCUT2D eigenvalue weighted by Crippen LogP contribution is -2.45. The number of rotatable bonds is 5. The number of nitrogens with zero attached hydrogens (tertiary/aromatic N) is 3. The third kappa shape index (κ3) is 13.8. The molecule has 1 heterocycles. The number of likely N-dealkylation sites (tertiary alicyclic amines) is 1. The molecule has 7 nitrogen and oxygen atoms in total. The molecule has 0 aliphatic carbocycles. The van der Waals surface area contributed by atoms with Crippen molar-refractivity contribution in [3.05, 3.63) is 0 Å². The van der Waals surface area contributed by atoms with E-state index < -0.39 is 5.97 Å². The smallest absolute Gasteiger partial charge is 0.317 e. The van der Waals surface area contributed by atoms with Crippen molar-refractivity contribution < 1.29 is 15.0 Å². The standard InChI is InChI=1S/C8H11N3O2.C8H19N.C2H6.CH4O/c9-3-7-2-1-6(10)4-11(7)5-8(12)13;1-6-9(7(2)3)8(4)5;2*1-2/h7,10H,1-2,4-5H2,(H,12,13);7-8H,6H2,1-5H3;1-2H3;2H,1H3. The number of carboxylic acids is 1. The van der Waals surface area contributed by atoms with Crippen LogP contribution >= 0.6 is 0 Å². The summed E-state index contributed by atoms with van der Waals surface area (Å²) < 4.78 is 0. The van der Waals surface area contributed by atoms with E-state index in [1.807, 2.05) is 19.9 Å². The van der Waals surface area contributed by atoms with E-state index in [-0.39, 0.29) is 12.6 Å². The van der Waals surface area contributed by atoms with Crippen LogP contribution in [0.1, 0.15) is 61.3 Å². The van der Waals surface area contributed by atoms with E-state index in [0.29, 0.717) is 37.2 Å². The van der Waals surface area contributed by atoms with Gasteiger partial charge in [-0.05, 0) is 47.1 Å². The predicted molar refractivity (Wildman–Crippen MR) is 108 cm³/mol. The van der Waals surface area contributed by atoms with Gasteiger partial charge in [-0.3, -0.25) is 14.6 Å². The van der Waals surface area contributed by atoms with Crippen LogP contribution in [0.15, 0.2) is 0 Å². The van der Waals surface area contributed by atoms with Crippen LogP contribution in [0.5, 0.6) is 0 Å². The fourth-order valence-electron chi connectivity index (χ4n) is 2.74. The van der Waals surface area contributed by atoms with Gasteiger partial charge in [0.25, 0.3) is 0 Å². The monoisotopic (exact) mass is 372 g/mol. The van der Waals surface area contributed by atoms with Gasteiger partial charge in [0.05, 0.1) is 18.7 Å². The summed E-state index contributed by atoms with van der Waals surface area (Å²) in [5.41, 5.74) is 0.507. The molecule has 1 atom stereocenters. The van der Waals surface area contributed by atoms with Crippen LogP contribution in [0.3, 0.4) is 0 Å². The first-order valence-corrected chi connectivity index (χ1v) is 9.35. The Kier molecular flexibility index (Phi) is 20.6. The molecular formula is C19H40N4O3. The third-order valence-corrected chi connectivity index (χ3v) is 3.73. The maximum absolute atomic E-state index is 10.4. The fourth-order valence-corrected chi connectivity index (χ4v) is 2.74. The van der Waals surface area contributed by atoms with Crippen molar-refractivity contribution in [2.24, 2.45) is 0 Å². The number of hydrogen-bond acceptors (Lipinski definition) is 6. The Balaban J connectivity index is -0.000000357. The number of aliphatic hydroxyl groups excluding tert-OH is 1. The molecule has 3 N–H and O–H groups in total. The third-order valence-electron chi connectivity index (χ3n) is 3.73. The molecule has 1 rings (SSSR count). The van der Waals surface area contributed by atoms with E-state index in [1.165, 1.54) is 4.90 Å². The van der Waals surface area contributed by atoms with Gasteiger partial charge in [-0.2, -0.15) is 5.26 Å². The van der Waals surface area contributed by atoms with Gasteiger partial charge in [-0.25, -0.2) is 0 Å². The lowest BCUT2D eigenvalue weighted by molar-refractivity contribution is -0.138. The minimum absolute atomic E-state index is 0.152. The molecule has 26 heavy (non-hydrogen) atoms. The molecule has 0 saturated carbocycles. The Morgan fingerprint density at radius 2 is 1.77 bits per heavy atom. The first-order valence-electron chi connectivity index (χ1n) is 9.35. The molecule has 7 heteroatoms. The summed E-state index contributed by atoms with van der Waals surface area (Å²) in [6.07, 6.45) is 1.18. The number of nitriles is 1. The van der Waals surface area contributed by atoms with E-state index in [0.717, 1.165) is 13.7 Å². The zero-order valence-electron chi connectivity index (χ0n) is 17.9. The van der Waals surface area contributed by atoms with Crippen molar-refractivity contribution in [1.29, 1.82) is 10.7 Å². The van der Waals surface area contributed by atoms with Crippen LogP contribution in [0.4, 0.5) is 0 Å². The summed E-state index contributed by atoms with van der Waals surface area (Å²) in [6.45, 7) is 16.5. The van der Waals surface area contributed by atoms with E-state index >= 15 is 0 Å². The van der Waals surface area contributed by atoms with E-state index in [2.05, 4.69) is 39.5 Å². The zero-order valence-corrected chi connectivity index (χ0v) is 17.9. The average Bonchev–Trinajstić information content (AvgIpc) is 2.58. The maximum Gasteiger partial charge on any atom is 0.317 e. The largest absolute Gasteiger partial charge is 0.480 e. The summed E-state index contributed by atoms with van der Waals surface area (Å²) >= 11 is 0. The van der Waals surface area contributed by atoms with Crippen molar-refractivity contribution in [3.8, 4) is 6.07 Å². The Hall–Kier alpha value is -1.49. The second-order valence-electron chi connectivity index (χ2n) is 6.10. The first kappa shape index (κ1) is 29.3. The van der Waals surface area contributed by atoms with Gasteiger partial charge in [0, 0.05) is 31.4 Å². The van der Waals surface area contributed by atoms with Crippen LogP contribution in [0.2, 0.25) is 0 Å². The molecule has 0 radical (unpaired) electrons. The molecule has 1 unspecified atom stereocenters. The normalized spacial score (nSPS) is 16.6.